The van der Waals surface area contributed by atoms with Crippen LogP contribution < -0.4 is 5.43 Å². The minimum Gasteiger partial charge on any atom is -0.288 e. The maximum absolute atomic E-state index is 11.1. The predicted octanol–water partition coefficient (Wildman–Crippen LogP) is 2.08. The van der Waals surface area contributed by atoms with Crippen LogP contribution in [0.5, 0.6) is 0 Å². The molecule has 0 spiro atoms. The Morgan fingerprint density at radius 3 is 1.93 bits per heavy atom. The Morgan fingerprint density at radius 2 is 1.57 bits per heavy atom. The number of hydrogen-bond donors (Lipinski definition) is 1. The van der Waals surface area contributed by atoms with E-state index < -0.39 is 0 Å². The van der Waals surface area contributed by atoms with Gasteiger partial charge < -0.3 is 0 Å². The lowest BCUT2D eigenvalue weighted by Crippen LogP contribution is -2.65. The lowest BCUT2D eigenvalue weighted by Gasteiger charge is -2.52. The number of rotatable bonds is 1. The fourth-order valence-electron chi connectivity index (χ4n) is 2.46. The largest absolute Gasteiger partial charge is 0.288 e. The summed E-state index contributed by atoms with van der Waals surface area (Å²) in [5.41, 5.74) is 3.08. The molecule has 82 valence electrons. The van der Waals surface area contributed by atoms with Crippen LogP contribution in [0.3, 0.4) is 0 Å². The van der Waals surface area contributed by atoms with Crippen LogP contribution in [0.1, 0.15) is 53.9 Å². The fraction of sp³-hybridized carbons (Fsp3) is 0.909. The Labute approximate surface area is 86.8 Å². The molecule has 1 amide bonds. The molecule has 1 saturated heterocycles. The summed E-state index contributed by atoms with van der Waals surface area (Å²) in [6, 6.07) is 0. The molecule has 0 atom stereocenters. The van der Waals surface area contributed by atoms with Gasteiger partial charge in [-0.15, -0.1) is 0 Å². The van der Waals surface area contributed by atoms with E-state index in [1.807, 2.05) is 0 Å². The molecule has 0 saturated carbocycles. The van der Waals surface area contributed by atoms with Gasteiger partial charge in [-0.1, -0.05) is 0 Å². The molecule has 3 heteroatoms. The number of carbonyl (C=O) groups excluding carboxylic acids is 1. The van der Waals surface area contributed by atoms with Gasteiger partial charge >= 0.3 is 0 Å². The highest BCUT2D eigenvalue weighted by atomic mass is 16.2. The zero-order valence-corrected chi connectivity index (χ0v) is 9.98. The Hall–Kier alpha value is -0.570. The van der Waals surface area contributed by atoms with Crippen LogP contribution in [0, 0.1) is 0 Å². The minimum atomic E-state index is 0.0213. The Balaban J connectivity index is 2.85. The number of hydrogen-bond acceptors (Lipinski definition) is 2. The maximum atomic E-state index is 11.1. The van der Waals surface area contributed by atoms with E-state index in [-0.39, 0.29) is 17.0 Å². The summed E-state index contributed by atoms with van der Waals surface area (Å²) < 4.78 is 0. The van der Waals surface area contributed by atoms with Gasteiger partial charge in [-0.05, 0) is 47.0 Å². The molecule has 1 fully saturated rings. The number of nitrogens with one attached hydrogen (secondary N) is 1. The predicted molar refractivity (Wildman–Crippen MR) is 57.7 cm³/mol. The molecule has 0 unspecified atom stereocenters. The number of nitrogens with zero attached hydrogens (tertiary/aromatic N) is 1. The van der Waals surface area contributed by atoms with Crippen molar-refractivity contribution < 1.29 is 4.79 Å². The Morgan fingerprint density at radius 1 is 1.14 bits per heavy atom. The van der Waals surface area contributed by atoms with E-state index in [4.69, 9.17) is 0 Å². The molecule has 0 radical (unpaired) electrons. The maximum Gasteiger partial charge on any atom is 0.231 e. The Kier molecular flexibility index (Phi) is 2.91. The third-order valence-corrected chi connectivity index (χ3v) is 3.06. The van der Waals surface area contributed by atoms with Crippen molar-refractivity contribution in [1.29, 1.82) is 0 Å². The molecule has 1 aliphatic heterocycles. The van der Waals surface area contributed by atoms with Gasteiger partial charge in [0.1, 0.15) is 0 Å². The van der Waals surface area contributed by atoms with E-state index in [0.29, 0.717) is 0 Å². The van der Waals surface area contributed by atoms with Crippen LogP contribution in [0.25, 0.3) is 0 Å². The van der Waals surface area contributed by atoms with Gasteiger partial charge in [-0.25, -0.2) is 5.01 Å². The van der Waals surface area contributed by atoms with Crippen molar-refractivity contribution in [1.82, 2.24) is 10.4 Å². The number of hydrazine groups is 1. The average Bonchev–Trinajstić information content (AvgIpc) is 1.96. The van der Waals surface area contributed by atoms with Gasteiger partial charge in [0.15, 0.2) is 0 Å². The van der Waals surface area contributed by atoms with Crippen molar-refractivity contribution in [3.05, 3.63) is 0 Å². The van der Waals surface area contributed by atoms with Crippen molar-refractivity contribution >= 4 is 5.91 Å². The van der Waals surface area contributed by atoms with E-state index in [0.717, 1.165) is 12.8 Å². The topological polar surface area (TPSA) is 32.3 Å². The lowest BCUT2D eigenvalue weighted by molar-refractivity contribution is -0.137. The molecule has 1 N–H and O–H groups in total. The van der Waals surface area contributed by atoms with Gasteiger partial charge in [0.25, 0.3) is 0 Å². The molecular weight excluding hydrogens is 176 g/mol. The van der Waals surface area contributed by atoms with E-state index >= 15 is 0 Å². The van der Waals surface area contributed by atoms with Crippen molar-refractivity contribution in [2.45, 2.75) is 65.0 Å². The van der Waals surface area contributed by atoms with E-state index in [1.54, 1.807) is 6.92 Å². The van der Waals surface area contributed by atoms with E-state index in [1.165, 1.54) is 6.42 Å². The molecule has 0 aromatic heterocycles. The van der Waals surface area contributed by atoms with Gasteiger partial charge in [0, 0.05) is 18.0 Å². The zero-order chi connectivity index (χ0) is 11.0. The quantitative estimate of drug-likeness (QED) is 0.699. The molecule has 3 nitrogen and oxygen atoms in total. The van der Waals surface area contributed by atoms with Crippen molar-refractivity contribution in [3.8, 4) is 0 Å². The number of carbonyl (C=O) groups is 1. The highest BCUT2D eigenvalue weighted by molar-refractivity contribution is 5.72. The van der Waals surface area contributed by atoms with Crippen molar-refractivity contribution in [2.75, 3.05) is 0 Å². The summed E-state index contributed by atoms with van der Waals surface area (Å²) in [7, 11) is 0. The summed E-state index contributed by atoms with van der Waals surface area (Å²) in [6.45, 7) is 10.3. The van der Waals surface area contributed by atoms with Gasteiger partial charge in [0.05, 0.1) is 0 Å². The third-order valence-electron chi connectivity index (χ3n) is 3.06. The first kappa shape index (κ1) is 11.5. The molecule has 0 aromatic carbocycles. The lowest BCUT2D eigenvalue weighted by atomic mass is 9.81. The summed E-state index contributed by atoms with van der Waals surface area (Å²) in [6.07, 6.45) is 3.50. The third kappa shape index (κ3) is 2.27. The molecule has 0 aliphatic carbocycles. The first-order valence-electron chi connectivity index (χ1n) is 5.33. The second-order valence-electron chi connectivity index (χ2n) is 5.48. The smallest absolute Gasteiger partial charge is 0.231 e. The first-order chi connectivity index (χ1) is 6.26. The molecule has 0 bridgehead atoms. The number of amides is 1. The van der Waals surface area contributed by atoms with Crippen LogP contribution >= 0.6 is 0 Å². The first-order valence-corrected chi connectivity index (χ1v) is 5.33. The van der Waals surface area contributed by atoms with Crippen LogP contribution in [-0.4, -0.2) is 22.0 Å². The zero-order valence-electron chi connectivity index (χ0n) is 9.98. The van der Waals surface area contributed by atoms with Crippen molar-refractivity contribution in [3.63, 3.8) is 0 Å². The van der Waals surface area contributed by atoms with E-state index in [9.17, 15) is 4.79 Å². The van der Waals surface area contributed by atoms with Crippen LogP contribution in [0.4, 0.5) is 0 Å². The molecule has 1 aliphatic rings. The summed E-state index contributed by atoms with van der Waals surface area (Å²) in [5.74, 6) is 0.0213. The molecule has 0 aromatic rings. The monoisotopic (exact) mass is 198 g/mol. The second kappa shape index (κ2) is 3.54. The average molecular weight is 198 g/mol. The van der Waals surface area contributed by atoms with Crippen LogP contribution in [0.2, 0.25) is 0 Å². The fourth-order valence-corrected chi connectivity index (χ4v) is 2.46. The number of piperidine rings is 1. The highest BCUT2D eigenvalue weighted by Gasteiger charge is 2.41. The molecule has 1 heterocycles. The summed E-state index contributed by atoms with van der Waals surface area (Å²) in [5, 5.41) is 2.12. The minimum absolute atomic E-state index is 0.0213. The highest BCUT2D eigenvalue weighted by Crippen LogP contribution is 2.36. The van der Waals surface area contributed by atoms with Gasteiger partial charge in [-0.2, -0.15) is 0 Å². The second-order valence-corrected chi connectivity index (χ2v) is 5.48. The molecule has 14 heavy (non-hydrogen) atoms. The van der Waals surface area contributed by atoms with Crippen LogP contribution in [-0.2, 0) is 4.79 Å². The summed E-state index contributed by atoms with van der Waals surface area (Å²) in [4.78, 5) is 11.1. The molecular formula is C11H22N2O. The Bertz CT molecular complexity index is 217. The standard InChI is InChI=1S/C11H22N2O/c1-9(14)12-13-10(2,3)7-6-8-11(13,4)5/h6-8H2,1-5H3,(H,12,14). The van der Waals surface area contributed by atoms with E-state index in [2.05, 4.69) is 38.1 Å². The summed E-state index contributed by atoms with van der Waals surface area (Å²) >= 11 is 0. The van der Waals surface area contributed by atoms with Crippen molar-refractivity contribution in [2.24, 2.45) is 0 Å². The normalized spacial score (nSPS) is 25.8. The van der Waals surface area contributed by atoms with Gasteiger partial charge in [-0.3, -0.25) is 10.2 Å². The van der Waals surface area contributed by atoms with Crippen LogP contribution in [0.15, 0.2) is 0 Å². The van der Waals surface area contributed by atoms with Gasteiger partial charge in [0.2, 0.25) is 5.91 Å². The SMILES string of the molecule is CC(=O)NN1C(C)(C)CCCC1(C)C. The molecule has 1 rings (SSSR count).